The highest BCUT2D eigenvalue weighted by Gasteiger charge is 2.15. The van der Waals surface area contributed by atoms with E-state index in [1.54, 1.807) is 0 Å². The number of para-hydroxylation sites is 1. The maximum atomic E-state index is 5.16. The fourth-order valence-corrected chi connectivity index (χ4v) is 6.44. The molecular weight excluding hydrogens is 500 g/mol. The molecule has 4 aromatic heterocycles. The summed E-state index contributed by atoms with van der Waals surface area (Å²) in [5.41, 5.74) is 5.94. The summed E-state index contributed by atoms with van der Waals surface area (Å²) in [6, 6.07) is 42.7. The van der Waals surface area contributed by atoms with E-state index in [4.69, 9.17) is 9.97 Å². The molecular formula is C37H22N4. The third-order valence-electron chi connectivity index (χ3n) is 8.25. The molecule has 9 rings (SSSR count). The average Bonchev–Trinajstić information content (AvgIpc) is 3.38. The van der Waals surface area contributed by atoms with Gasteiger partial charge in [-0.15, -0.1) is 0 Å². The molecule has 0 N–H and O–H groups in total. The van der Waals surface area contributed by atoms with Crippen LogP contribution in [0.3, 0.4) is 0 Å². The Morgan fingerprint density at radius 3 is 2.02 bits per heavy atom. The van der Waals surface area contributed by atoms with Crippen LogP contribution >= 0.6 is 0 Å². The van der Waals surface area contributed by atoms with Gasteiger partial charge in [-0.25, -0.2) is 9.97 Å². The maximum absolute atomic E-state index is 5.16. The first-order chi connectivity index (χ1) is 20.3. The number of hydrogen-bond donors (Lipinski definition) is 0. The molecule has 5 aromatic carbocycles. The lowest BCUT2D eigenvalue weighted by Crippen LogP contribution is -1.99. The van der Waals surface area contributed by atoms with Crippen molar-refractivity contribution in [1.29, 1.82) is 0 Å². The molecule has 0 saturated carbocycles. The zero-order valence-electron chi connectivity index (χ0n) is 22.0. The van der Waals surface area contributed by atoms with Crippen LogP contribution in [0.2, 0.25) is 0 Å². The number of rotatable bonds is 3. The van der Waals surface area contributed by atoms with Gasteiger partial charge in [-0.1, -0.05) is 84.9 Å². The molecule has 4 heterocycles. The van der Waals surface area contributed by atoms with Crippen LogP contribution in [0.25, 0.3) is 82.6 Å². The molecule has 0 unspecified atom stereocenters. The van der Waals surface area contributed by atoms with E-state index in [2.05, 4.69) is 119 Å². The zero-order valence-corrected chi connectivity index (χ0v) is 22.0. The predicted octanol–water partition coefficient (Wildman–Crippen LogP) is 9.20. The number of fused-ring (bicyclic) bond motifs is 3. The first-order valence-corrected chi connectivity index (χ1v) is 13.8. The first kappa shape index (κ1) is 22.2. The molecule has 9 aromatic rings. The van der Waals surface area contributed by atoms with Crippen molar-refractivity contribution >= 4 is 54.1 Å². The molecule has 0 aliphatic rings. The lowest BCUT2D eigenvalue weighted by Gasteiger charge is -2.14. The largest absolute Gasteiger partial charge is 0.294 e. The third kappa shape index (κ3) is 3.25. The molecule has 0 aliphatic carbocycles. The predicted molar refractivity (Wildman–Crippen MR) is 169 cm³/mol. The maximum Gasteiger partial charge on any atom is 0.138 e. The first-order valence-electron chi connectivity index (χ1n) is 13.8. The Hall–Kier alpha value is -5.61. The summed E-state index contributed by atoms with van der Waals surface area (Å²) in [4.78, 5) is 14.7. The molecule has 41 heavy (non-hydrogen) atoms. The van der Waals surface area contributed by atoms with Gasteiger partial charge in [-0.3, -0.25) is 9.55 Å². The van der Waals surface area contributed by atoms with Crippen molar-refractivity contribution < 1.29 is 0 Å². The van der Waals surface area contributed by atoms with E-state index in [1.165, 1.54) is 32.3 Å². The topological polar surface area (TPSA) is 43.6 Å². The van der Waals surface area contributed by atoms with Crippen LogP contribution in [0.4, 0.5) is 0 Å². The second kappa shape index (κ2) is 8.44. The van der Waals surface area contributed by atoms with Gasteiger partial charge in [-0.05, 0) is 68.7 Å². The lowest BCUT2D eigenvalue weighted by molar-refractivity contribution is 1.08. The minimum absolute atomic E-state index is 0.835. The number of benzene rings is 5. The van der Waals surface area contributed by atoms with Gasteiger partial charge >= 0.3 is 0 Å². The van der Waals surface area contributed by atoms with Gasteiger partial charge < -0.3 is 0 Å². The molecule has 0 radical (unpaired) electrons. The lowest BCUT2D eigenvalue weighted by atomic mass is 9.91. The minimum Gasteiger partial charge on any atom is -0.294 e. The van der Waals surface area contributed by atoms with Gasteiger partial charge in [0.2, 0.25) is 0 Å². The molecule has 4 heteroatoms. The van der Waals surface area contributed by atoms with Crippen molar-refractivity contribution in [2.45, 2.75) is 0 Å². The summed E-state index contributed by atoms with van der Waals surface area (Å²) in [6.07, 6.45) is 3.77. The molecule has 0 fully saturated rings. The Morgan fingerprint density at radius 2 is 1.12 bits per heavy atom. The standard InChI is InChI=1S/C37H22N4/c1-2-12-33-27(8-1)29-22-38-21-20-34(29)41(33)35-13-5-11-32(40-35)31-10-4-9-30(39-31)26-18-16-25-15-14-23-6-3-7-24-17-19-28(26)37(25)36(23)24/h1-22H. The number of hydrogen-bond acceptors (Lipinski definition) is 3. The van der Waals surface area contributed by atoms with E-state index in [1.807, 2.05) is 24.5 Å². The zero-order chi connectivity index (χ0) is 26.9. The number of pyridine rings is 3. The third-order valence-corrected chi connectivity index (χ3v) is 8.25. The Morgan fingerprint density at radius 1 is 0.439 bits per heavy atom. The van der Waals surface area contributed by atoms with Crippen molar-refractivity contribution in [3.63, 3.8) is 0 Å². The Bertz CT molecular complexity index is 2370. The van der Waals surface area contributed by atoms with E-state index < -0.39 is 0 Å². The van der Waals surface area contributed by atoms with Crippen LogP contribution in [0.5, 0.6) is 0 Å². The van der Waals surface area contributed by atoms with Gasteiger partial charge in [0.05, 0.1) is 28.1 Å². The molecule has 0 atom stereocenters. The van der Waals surface area contributed by atoms with Crippen LogP contribution in [0.15, 0.2) is 134 Å². The van der Waals surface area contributed by atoms with Crippen molar-refractivity contribution in [3.8, 4) is 28.5 Å². The van der Waals surface area contributed by atoms with Gasteiger partial charge in [0.25, 0.3) is 0 Å². The Balaban J connectivity index is 1.22. The summed E-state index contributed by atoms with van der Waals surface area (Å²) in [5.74, 6) is 0.856. The van der Waals surface area contributed by atoms with Crippen molar-refractivity contribution in [3.05, 3.63) is 134 Å². The fraction of sp³-hybridized carbons (Fsp3) is 0. The molecule has 0 aliphatic heterocycles. The summed E-state index contributed by atoms with van der Waals surface area (Å²) in [6.45, 7) is 0. The summed E-state index contributed by atoms with van der Waals surface area (Å²) in [5, 5.41) is 9.89. The minimum atomic E-state index is 0.835. The highest BCUT2D eigenvalue weighted by molar-refractivity contribution is 6.25. The van der Waals surface area contributed by atoms with E-state index in [0.717, 1.165) is 50.3 Å². The normalized spacial score (nSPS) is 11.9. The molecule has 190 valence electrons. The second-order valence-electron chi connectivity index (χ2n) is 10.5. The van der Waals surface area contributed by atoms with Crippen molar-refractivity contribution in [2.75, 3.05) is 0 Å². The number of nitrogens with zero attached hydrogens (tertiary/aromatic N) is 4. The monoisotopic (exact) mass is 522 g/mol. The highest BCUT2D eigenvalue weighted by atomic mass is 15.1. The molecule has 0 bridgehead atoms. The smallest absolute Gasteiger partial charge is 0.138 e. The molecule has 4 nitrogen and oxygen atoms in total. The van der Waals surface area contributed by atoms with E-state index in [9.17, 15) is 0 Å². The SMILES string of the molecule is c1cc(-c2cccc(-n3c4ccccc4c4cnccc43)n2)nc(-c2ccc3ccc4cccc5ccc2c3c45)c1. The average molecular weight is 523 g/mol. The van der Waals surface area contributed by atoms with Gasteiger partial charge in [0.15, 0.2) is 0 Å². The van der Waals surface area contributed by atoms with Crippen molar-refractivity contribution in [2.24, 2.45) is 0 Å². The van der Waals surface area contributed by atoms with Crippen LogP contribution in [0, 0.1) is 0 Å². The van der Waals surface area contributed by atoms with Gasteiger partial charge in [0, 0.05) is 28.7 Å². The van der Waals surface area contributed by atoms with Crippen LogP contribution in [0.1, 0.15) is 0 Å². The van der Waals surface area contributed by atoms with Gasteiger partial charge in [0.1, 0.15) is 5.82 Å². The van der Waals surface area contributed by atoms with Crippen LogP contribution in [-0.4, -0.2) is 19.5 Å². The molecule has 0 amide bonds. The van der Waals surface area contributed by atoms with E-state index in [0.29, 0.717) is 0 Å². The fourth-order valence-electron chi connectivity index (χ4n) is 6.44. The van der Waals surface area contributed by atoms with E-state index >= 15 is 0 Å². The van der Waals surface area contributed by atoms with E-state index in [-0.39, 0.29) is 0 Å². The summed E-state index contributed by atoms with van der Waals surface area (Å²) >= 11 is 0. The summed E-state index contributed by atoms with van der Waals surface area (Å²) < 4.78 is 2.21. The summed E-state index contributed by atoms with van der Waals surface area (Å²) in [7, 11) is 0. The second-order valence-corrected chi connectivity index (χ2v) is 10.5. The molecule has 0 saturated heterocycles. The number of aromatic nitrogens is 4. The van der Waals surface area contributed by atoms with Gasteiger partial charge in [-0.2, -0.15) is 0 Å². The van der Waals surface area contributed by atoms with Crippen LogP contribution in [-0.2, 0) is 0 Å². The van der Waals surface area contributed by atoms with Crippen molar-refractivity contribution in [1.82, 2.24) is 19.5 Å². The van der Waals surface area contributed by atoms with Crippen LogP contribution < -0.4 is 0 Å². The molecule has 0 spiro atoms. The highest BCUT2D eigenvalue weighted by Crippen LogP contribution is 2.39. The quantitative estimate of drug-likeness (QED) is 0.217. The Kier molecular flexibility index (Phi) is 4.58. The Labute approximate surface area is 235 Å².